The minimum atomic E-state index is -1.02. The third kappa shape index (κ3) is 5.05. The maximum absolute atomic E-state index is 11.7. The predicted octanol–water partition coefficient (Wildman–Crippen LogP) is 1.21. The minimum absolute atomic E-state index is 0.150. The molecule has 1 aromatic rings. The molecule has 6 heteroatoms. The number of carbonyl (C=O) groups is 2. The molecule has 1 heterocycles. The van der Waals surface area contributed by atoms with Crippen molar-refractivity contribution >= 4 is 11.9 Å². The van der Waals surface area contributed by atoms with Crippen molar-refractivity contribution in [1.29, 1.82) is 0 Å². The Balaban J connectivity index is 2.55. The number of carboxylic acid groups (broad SMARTS) is 1. The molecule has 0 aromatic carbocycles. The van der Waals surface area contributed by atoms with Crippen LogP contribution >= 0.6 is 0 Å². The van der Waals surface area contributed by atoms with Crippen LogP contribution in [0.4, 0.5) is 0 Å². The molecule has 0 aliphatic carbocycles. The lowest BCUT2D eigenvalue weighted by Crippen LogP contribution is -2.33. The van der Waals surface area contributed by atoms with Crippen molar-refractivity contribution in [2.45, 2.75) is 32.4 Å². The quantitative estimate of drug-likeness (QED) is 0.808. The van der Waals surface area contributed by atoms with E-state index in [1.165, 1.54) is 18.3 Å². The summed E-state index contributed by atoms with van der Waals surface area (Å²) in [6.07, 6.45) is 1.63. The minimum Gasteiger partial charge on any atom is -0.478 e. The van der Waals surface area contributed by atoms with Gasteiger partial charge in [-0.1, -0.05) is 0 Å². The molecule has 0 spiro atoms. The van der Waals surface area contributed by atoms with Gasteiger partial charge in [-0.15, -0.1) is 0 Å². The zero-order valence-electron chi connectivity index (χ0n) is 11.3. The summed E-state index contributed by atoms with van der Waals surface area (Å²) in [6, 6.07) is 2.84. The van der Waals surface area contributed by atoms with Gasteiger partial charge in [0.05, 0.1) is 29.8 Å². The van der Waals surface area contributed by atoms with Crippen molar-refractivity contribution in [2.75, 3.05) is 7.11 Å². The Morgan fingerprint density at radius 2 is 2.16 bits per heavy atom. The van der Waals surface area contributed by atoms with Crippen molar-refractivity contribution in [2.24, 2.45) is 0 Å². The van der Waals surface area contributed by atoms with Crippen LogP contribution in [-0.2, 0) is 16.1 Å². The van der Waals surface area contributed by atoms with Gasteiger partial charge in [0, 0.05) is 13.3 Å². The Morgan fingerprint density at radius 3 is 2.74 bits per heavy atom. The molecular formula is C13H18N2O4. The molecule has 1 amide bonds. The summed E-state index contributed by atoms with van der Waals surface area (Å²) in [5, 5.41) is 11.5. The molecule has 104 valence electrons. The van der Waals surface area contributed by atoms with Crippen molar-refractivity contribution in [1.82, 2.24) is 10.3 Å². The van der Waals surface area contributed by atoms with Crippen LogP contribution in [-0.4, -0.2) is 34.7 Å². The fourth-order valence-electron chi connectivity index (χ4n) is 1.42. The largest absolute Gasteiger partial charge is 0.478 e. The molecule has 0 bridgehead atoms. The van der Waals surface area contributed by atoms with Crippen molar-refractivity contribution in [3.8, 4) is 0 Å². The number of carboxylic acids is 1. The van der Waals surface area contributed by atoms with Gasteiger partial charge in [-0.3, -0.25) is 9.78 Å². The van der Waals surface area contributed by atoms with E-state index in [1.807, 2.05) is 13.8 Å². The normalized spacial score (nSPS) is 11.1. The van der Waals surface area contributed by atoms with Gasteiger partial charge < -0.3 is 15.2 Å². The van der Waals surface area contributed by atoms with E-state index in [-0.39, 0.29) is 24.4 Å². The number of nitrogens with one attached hydrogen (secondary N) is 1. The number of pyridine rings is 1. The summed E-state index contributed by atoms with van der Waals surface area (Å²) >= 11 is 0. The molecule has 0 aliphatic heterocycles. The third-order valence-corrected chi connectivity index (χ3v) is 2.67. The first kappa shape index (κ1) is 15.1. The molecular weight excluding hydrogens is 248 g/mol. The van der Waals surface area contributed by atoms with E-state index in [1.54, 1.807) is 7.11 Å². The summed E-state index contributed by atoms with van der Waals surface area (Å²) in [7, 11) is 1.55. The van der Waals surface area contributed by atoms with Crippen LogP contribution < -0.4 is 5.32 Å². The average molecular weight is 266 g/mol. The Kier molecular flexibility index (Phi) is 5.00. The van der Waals surface area contributed by atoms with Gasteiger partial charge in [-0.25, -0.2) is 4.79 Å². The van der Waals surface area contributed by atoms with Gasteiger partial charge in [0.15, 0.2) is 0 Å². The highest BCUT2D eigenvalue weighted by molar-refractivity contribution is 5.87. The lowest BCUT2D eigenvalue weighted by atomic mass is 10.1. The highest BCUT2D eigenvalue weighted by Crippen LogP contribution is 2.12. The SMILES string of the molecule is COC(C)(C)CC(=O)NCc1cc(C(=O)O)ccn1. The second kappa shape index (κ2) is 6.29. The monoisotopic (exact) mass is 266 g/mol. The van der Waals surface area contributed by atoms with Crippen LogP contribution in [0.5, 0.6) is 0 Å². The lowest BCUT2D eigenvalue weighted by molar-refractivity contribution is -0.126. The number of hydrogen-bond acceptors (Lipinski definition) is 4. The molecule has 0 saturated carbocycles. The highest BCUT2D eigenvalue weighted by atomic mass is 16.5. The number of aromatic carboxylic acids is 1. The number of amides is 1. The predicted molar refractivity (Wildman–Crippen MR) is 68.7 cm³/mol. The highest BCUT2D eigenvalue weighted by Gasteiger charge is 2.20. The van der Waals surface area contributed by atoms with Crippen molar-refractivity contribution < 1.29 is 19.4 Å². The number of nitrogens with zero attached hydrogens (tertiary/aromatic N) is 1. The van der Waals surface area contributed by atoms with E-state index in [4.69, 9.17) is 9.84 Å². The molecule has 0 aliphatic rings. The van der Waals surface area contributed by atoms with Crippen molar-refractivity contribution in [3.63, 3.8) is 0 Å². The summed E-state index contributed by atoms with van der Waals surface area (Å²) in [5.74, 6) is -1.19. The number of ether oxygens (including phenoxy) is 1. The van der Waals surface area contributed by atoms with Crippen LogP contribution in [0.15, 0.2) is 18.3 Å². The fourth-order valence-corrected chi connectivity index (χ4v) is 1.42. The fraction of sp³-hybridized carbons (Fsp3) is 0.462. The zero-order chi connectivity index (χ0) is 14.5. The van der Waals surface area contributed by atoms with Crippen LogP contribution in [0.2, 0.25) is 0 Å². The Morgan fingerprint density at radius 1 is 1.47 bits per heavy atom. The smallest absolute Gasteiger partial charge is 0.335 e. The number of hydrogen-bond donors (Lipinski definition) is 2. The molecule has 0 atom stereocenters. The molecule has 6 nitrogen and oxygen atoms in total. The summed E-state index contributed by atoms with van der Waals surface area (Å²) in [4.78, 5) is 26.5. The van der Waals surface area contributed by atoms with Gasteiger partial charge in [-0.05, 0) is 26.0 Å². The maximum atomic E-state index is 11.7. The summed E-state index contributed by atoms with van der Waals surface area (Å²) in [5.41, 5.74) is 0.125. The first-order valence-electron chi connectivity index (χ1n) is 5.84. The van der Waals surface area contributed by atoms with Crippen LogP contribution in [0.1, 0.15) is 36.3 Å². The topological polar surface area (TPSA) is 88.5 Å². The van der Waals surface area contributed by atoms with E-state index in [9.17, 15) is 9.59 Å². The van der Waals surface area contributed by atoms with E-state index in [2.05, 4.69) is 10.3 Å². The van der Waals surface area contributed by atoms with Gasteiger partial charge in [0.25, 0.3) is 0 Å². The lowest BCUT2D eigenvalue weighted by Gasteiger charge is -2.21. The molecule has 1 rings (SSSR count). The number of carbonyl (C=O) groups excluding carboxylic acids is 1. The summed E-state index contributed by atoms with van der Waals surface area (Å²) in [6.45, 7) is 3.82. The van der Waals surface area contributed by atoms with E-state index in [0.29, 0.717) is 5.69 Å². The molecule has 1 aromatic heterocycles. The zero-order valence-corrected chi connectivity index (χ0v) is 11.3. The second-order valence-corrected chi connectivity index (χ2v) is 4.76. The standard InChI is InChI=1S/C13H18N2O4/c1-13(2,19-3)7-11(16)15-8-10-6-9(12(17)18)4-5-14-10/h4-6H,7-8H2,1-3H3,(H,15,16)(H,17,18). The molecule has 2 N–H and O–H groups in total. The van der Waals surface area contributed by atoms with Gasteiger partial charge in [0.2, 0.25) is 5.91 Å². The number of aromatic nitrogens is 1. The molecule has 0 unspecified atom stereocenters. The third-order valence-electron chi connectivity index (χ3n) is 2.67. The van der Waals surface area contributed by atoms with E-state index in [0.717, 1.165) is 0 Å². The molecule has 0 radical (unpaired) electrons. The average Bonchev–Trinajstić information content (AvgIpc) is 2.36. The first-order chi connectivity index (χ1) is 8.84. The molecule has 0 saturated heterocycles. The van der Waals surface area contributed by atoms with Gasteiger partial charge in [-0.2, -0.15) is 0 Å². The Hall–Kier alpha value is -1.95. The van der Waals surface area contributed by atoms with E-state index < -0.39 is 11.6 Å². The number of methoxy groups -OCH3 is 1. The first-order valence-corrected chi connectivity index (χ1v) is 5.84. The second-order valence-electron chi connectivity index (χ2n) is 4.76. The maximum Gasteiger partial charge on any atom is 0.335 e. The van der Waals surface area contributed by atoms with Crippen molar-refractivity contribution in [3.05, 3.63) is 29.6 Å². The van der Waals surface area contributed by atoms with Crippen LogP contribution in [0.25, 0.3) is 0 Å². The Bertz CT molecular complexity index is 471. The summed E-state index contributed by atoms with van der Waals surface area (Å²) < 4.78 is 5.16. The Labute approximate surface area is 111 Å². The van der Waals surface area contributed by atoms with E-state index >= 15 is 0 Å². The number of rotatable bonds is 6. The molecule has 0 fully saturated rings. The van der Waals surface area contributed by atoms with Gasteiger partial charge >= 0.3 is 5.97 Å². The van der Waals surface area contributed by atoms with Gasteiger partial charge in [0.1, 0.15) is 0 Å². The van der Waals surface area contributed by atoms with Crippen LogP contribution in [0, 0.1) is 0 Å². The van der Waals surface area contributed by atoms with Crippen LogP contribution in [0.3, 0.4) is 0 Å². The molecule has 19 heavy (non-hydrogen) atoms.